The standard InChI is InChI=1S/C23H43NO7/c1-5-8-13-27-17-19-21(28-14-9-6-2)22(29-15-10-7-3)20(24-18(4)26)23(31-19)30-16-11-12-25/h12,19-23H,5-11,13-17H2,1-4H3,(H,24,26)/t19?,20?,21-,22?,23+/m0/s1. The van der Waals surface area contributed by atoms with Crippen molar-refractivity contribution >= 4 is 12.2 Å². The van der Waals surface area contributed by atoms with E-state index in [1.807, 2.05) is 0 Å². The van der Waals surface area contributed by atoms with Crippen LogP contribution in [-0.2, 0) is 33.3 Å². The van der Waals surface area contributed by atoms with Crippen LogP contribution in [0.25, 0.3) is 0 Å². The van der Waals surface area contributed by atoms with Crippen molar-refractivity contribution in [1.29, 1.82) is 0 Å². The van der Waals surface area contributed by atoms with Gasteiger partial charge < -0.3 is 33.8 Å². The molecule has 3 unspecified atom stereocenters. The van der Waals surface area contributed by atoms with Crippen molar-refractivity contribution in [1.82, 2.24) is 5.32 Å². The van der Waals surface area contributed by atoms with Gasteiger partial charge in [-0.15, -0.1) is 0 Å². The molecule has 31 heavy (non-hydrogen) atoms. The number of hydrogen-bond acceptors (Lipinski definition) is 7. The number of ether oxygens (including phenoxy) is 5. The summed E-state index contributed by atoms with van der Waals surface area (Å²) in [5, 5.41) is 2.93. The normalized spacial score (nSPS) is 26.0. The first kappa shape index (κ1) is 28.0. The van der Waals surface area contributed by atoms with E-state index < -0.39 is 30.6 Å². The zero-order valence-corrected chi connectivity index (χ0v) is 19.8. The second kappa shape index (κ2) is 17.5. The van der Waals surface area contributed by atoms with E-state index in [1.165, 1.54) is 6.92 Å². The molecule has 1 N–H and O–H groups in total. The van der Waals surface area contributed by atoms with Crippen molar-refractivity contribution < 1.29 is 33.3 Å². The number of carbonyl (C=O) groups excluding carboxylic acids is 2. The number of hydrogen-bond donors (Lipinski definition) is 1. The molecule has 0 aliphatic carbocycles. The lowest BCUT2D eigenvalue weighted by molar-refractivity contribution is -0.286. The molecule has 0 spiro atoms. The molecule has 0 aromatic carbocycles. The predicted molar refractivity (Wildman–Crippen MR) is 118 cm³/mol. The van der Waals surface area contributed by atoms with E-state index in [-0.39, 0.29) is 18.9 Å². The average molecular weight is 446 g/mol. The van der Waals surface area contributed by atoms with Gasteiger partial charge in [-0.2, -0.15) is 0 Å². The van der Waals surface area contributed by atoms with Gasteiger partial charge in [-0.1, -0.05) is 40.0 Å². The summed E-state index contributed by atoms with van der Waals surface area (Å²) in [5.74, 6) is -0.202. The van der Waals surface area contributed by atoms with Crippen LogP contribution in [0.2, 0.25) is 0 Å². The van der Waals surface area contributed by atoms with Crippen LogP contribution in [0.5, 0.6) is 0 Å². The van der Waals surface area contributed by atoms with Crippen molar-refractivity contribution in [2.45, 2.75) is 103 Å². The SMILES string of the molecule is CCCCOCC1O[C@@H](OCCC=O)C(NC(C)=O)C(OCCCC)[C@H]1OCCCC. The first-order valence-electron chi connectivity index (χ1n) is 11.9. The van der Waals surface area contributed by atoms with Gasteiger partial charge in [0.15, 0.2) is 6.29 Å². The van der Waals surface area contributed by atoms with Crippen LogP contribution in [0.1, 0.15) is 72.6 Å². The number of carbonyl (C=O) groups is 2. The highest BCUT2D eigenvalue weighted by Crippen LogP contribution is 2.28. The minimum Gasteiger partial charge on any atom is -0.379 e. The van der Waals surface area contributed by atoms with Gasteiger partial charge in [-0.25, -0.2) is 0 Å². The summed E-state index contributed by atoms with van der Waals surface area (Å²) in [6.07, 6.45) is 4.92. The van der Waals surface area contributed by atoms with Crippen LogP contribution in [0.3, 0.4) is 0 Å². The van der Waals surface area contributed by atoms with Crippen LogP contribution >= 0.6 is 0 Å². The predicted octanol–water partition coefficient (Wildman–Crippen LogP) is 3.01. The van der Waals surface area contributed by atoms with Gasteiger partial charge >= 0.3 is 0 Å². The maximum absolute atomic E-state index is 12.0. The Morgan fingerprint density at radius 1 is 0.903 bits per heavy atom. The Morgan fingerprint density at radius 2 is 1.52 bits per heavy atom. The highest BCUT2D eigenvalue weighted by atomic mass is 16.7. The van der Waals surface area contributed by atoms with Crippen LogP contribution in [0.15, 0.2) is 0 Å². The second-order valence-corrected chi connectivity index (χ2v) is 7.90. The first-order chi connectivity index (χ1) is 15.1. The quantitative estimate of drug-likeness (QED) is 0.256. The summed E-state index contributed by atoms with van der Waals surface area (Å²) in [5.41, 5.74) is 0. The molecular formula is C23H43NO7. The van der Waals surface area contributed by atoms with Crippen LogP contribution in [0, 0.1) is 0 Å². The van der Waals surface area contributed by atoms with Gasteiger partial charge in [-0.3, -0.25) is 4.79 Å². The summed E-state index contributed by atoms with van der Waals surface area (Å²) in [4.78, 5) is 22.7. The minimum absolute atomic E-state index is 0.202. The molecule has 0 bridgehead atoms. The van der Waals surface area contributed by atoms with Crippen LogP contribution in [0.4, 0.5) is 0 Å². The molecule has 8 nitrogen and oxygen atoms in total. The molecule has 1 heterocycles. The molecule has 1 amide bonds. The number of aldehydes is 1. The smallest absolute Gasteiger partial charge is 0.217 e. The van der Waals surface area contributed by atoms with E-state index in [1.54, 1.807) is 0 Å². The largest absolute Gasteiger partial charge is 0.379 e. The number of rotatable bonds is 18. The fourth-order valence-electron chi connectivity index (χ4n) is 3.37. The monoisotopic (exact) mass is 445 g/mol. The molecule has 1 rings (SSSR count). The van der Waals surface area contributed by atoms with Gasteiger partial charge in [0.1, 0.15) is 30.6 Å². The van der Waals surface area contributed by atoms with Crippen molar-refractivity contribution in [2.75, 3.05) is 33.0 Å². The molecule has 182 valence electrons. The highest BCUT2D eigenvalue weighted by Gasteiger charge is 2.48. The molecule has 0 saturated carbocycles. The summed E-state index contributed by atoms with van der Waals surface area (Å²) in [6.45, 7) is 10.1. The molecule has 8 heteroatoms. The summed E-state index contributed by atoms with van der Waals surface area (Å²) in [7, 11) is 0. The van der Waals surface area contributed by atoms with E-state index in [4.69, 9.17) is 23.7 Å². The molecule has 1 fully saturated rings. The van der Waals surface area contributed by atoms with E-state index in [0.29, 0.717) is 26.4 Å². The third-order valence-corrected chi connectivity index (χ3v) is 5.07. The minimum atomic E-state index is -0.749. The molecule has 1 aliphatic heterocycles. The highest BCUT2D eigenvalue weighted by molar-refractivity contribution is 5.73. The van der Waals surface area contributed by atoms with Crippen molar-refractivity contribution in [2.24, 2.45) is 0 Å². The van der Waals surface area contributed by atoms with E-state index in [2.05, 4.69) is 26.1 Å². The Morgan fingerprint density at radius 3 is 2.10 bits per heavy atom. The maximum atomic E-state index is 12.0. The summed E-state index contributed by atoms with van der Waals surface area (Å²) < 4.78 is 30.4. The van der Waals surface area contributed by atoms with Gasteiger partial charge in [0, 0.05) is 33.2 Å². The van der Waals surface area contributed by atoms with Gasteiger partial charge in [0.25, 0.3) is 0 Å². The topological polar surface area (TPSA) is 92.3 Å². The third-order valence-electron chi connectivity index (χ3n) is 5.07. The Hall–Kier alpha value is -1.06. The Bertz CT molecular complexity index is 477. The fraction of sp³-hybridized carbons (Fsp3) is 0.913. The zero-order chi connectivity index (χ0) is 22.9. The van der Waals surface area contributed by atoms with E-state index in [0.717, 1.165) is 44.8 Å². The molecule has 0 aromatic heterocycles. The average Bonchev–Trinajstić information content (AvgIpc) is 2.74. The van der Waals surface area contributed by atoms with Crippen LogP contribution in [-0.4, -0.2) is 75.9 Å². The van der Waals surface area contributed by atoms with Crippen molar-refractivity contribution in [3.63, 3.8) is 0 Å². The van der Waals surface area contributed by atoms with E-state index in [9.17, 15) is 9.59 Å². The Kier molecular flexibility index (Phi) is 15.8. The lowest BCUT2D eigenvalue weighted by Gasteiger charge is -2.46. The van der Waals surface area contributed by atoms with Crippen LogP contribution < -0.4 is 5.32 Å². The molecule has 1 saturated heterocycles. The van der Waals surface area contributed by atoms with Crippen molar-refractivity contribution in [3.8, 4) is 0 Å². The lowest BCUT2D eigenvalue weighted by atomic mass is 9.96. The Labute approximate surface area is 187 Å². The number of amides is 1. The van der Waals surface area contributed by atoms with Gasteiger partial charge in [-0.05, 0) is 19.3 Å². The third kappa shape index (κ3) is 10.9. The fourth-order valence-corrected chi connectivity index (χ4v) is 3.37. The lowest BCUT2D eigenvalue weighted by Crippen LogP contribution is -2.66. The molecule has 5 atom stereocenters. The summed E-state index contributed by atoms with van der Waals surface area (Å²) >= 11 is 0. The van der Waals surface area contributed by atoms with E-state index >= 15 is 0 Å². The number of nitrogens with one attached hydrogen (secondary N) is 1. The molecule has 0 radical (unpaired) electrons. The van der Waals surface area contributed by atoms with Crippen molar-refractivity contribution in [3.05, 3.63) is 0 Å². The second-order valence-electron chi connectivity index (χ2n) is 7.90. The van der Waals surface area contributed by atoms with Gasteiger partial charge in [0.05, 0.1) is 13.2 Å². The number of unbranched alkanes of at least 4 members (excludes halogenated alkanes) is 3. The zero-order valence-electron chi connectivity index (χ0n) is 19.8. The molecule has 1 aliphatic rings. The van der Waals surface area contributed by atoms with Gasteiger partial charge in [0.2, 0.25) is 5.91 Å². The maximum Gasteiger partial charge on any atom is 0.217 e. The molecular weight excluding hydrogens is 402 g/mol. The Balaban J connectivity index is 3.07. The summed E-state index contributed by atoms with van der Waals surface area (Å²) in [6, 6.07) is -0.542. The first-order valence-corrected chi connectivity index (χ1v) is 11.9. The molecule has 0 aromatic rings.